The van der Waals surface area contributed by atoms with E-state index in [-0.39, 0.29) is 17.2 Å². The average molecular weight is 406 g/mol. The first-order valence-corrected chi connectivity index (χ1v) is 9.32. The van der Waals surface area contributed by atoms with E-state index in [0.29, 0.717) is 36.2 Å². The van der Waals surface area contributed by atoms with Crippen molar-refractivity contribution in [1.29, 1.82) is 0 Å². The Morgan fingerprint density at radius 2 is 1.76 bits per heavy atom. The van der Waals surface area contributed by atoms with Crippen LogP contribution in [-0.4, -0.2) is 46.6 Å². The lowest BCUT2D eigenvalue weighted by Crippen LogP contribution is -2.70. The van der Waals surface area contributed by atoms with Crippen LogP contribution in [0.25, 0.3) is 11.1 Å². The summed E-state index contributed by atoms with van der Waals surface area (Å²) in [5, 5.41) is 13.3. The molecule has 0 aromatic heterocycles. The number of nitrogens with zero attached hydrogens (tertiary/aromatic N) is 1. The molecule has 2 fully saturated rings. The van der Waals surface area contributed by atoms with Crippen LogP contribution < -0.4 is 10.1 Å². The van der Waals surface area contributed by atoms with Crippen molar-refractivity contribution in [3.8, 4) is 16.9 Å². The fraction of sp³-hybridized carbons (Fsp3) is 0.381. The van der Waals surface area contributed by atoms with Crippen LogP contribution in [0.4, 0.5) is 13.2 Å². The van der Waals surface area contributed by atoms with Gasteiger partial charge in [0.1, 0.15) is 11.5 Å². The van der Waals surface area contributed by atoms with Crippen LogP contribution in [0.3, 0.4) is 0 Å². The summed E-state index contributed by atoms with van der Waals surface area (Å²) >= 11 is 0. The van der Waals surface area contributed by atoms with Gasteiger partial charge in [0, 0.05) is 24.2 Å². The van der Waals surface area contributed by atoms with Gasteiger partial charge in [-0.3, -0.25) is 10.1 Å². The Labute approximate surface area is 166 Å². The smallest absolute Gasteiger partial charge is 0.405 e. The van der Waals surface area contributed by atoms with E-state index in [1.807, 2.05) is 0 Å². The Bertz CT molecular complexity index is 920. The number of carbonyl (C=O) groups is 1. The number of halogens is 3. The summed E-state index contributed by atoms with van der Waals surface area (Å²) in [6, 6.07) is 12.3. The van der Waals surface area contributed by atoms with Gasteiger partial charge in [0.15, 0.2) is 0 Å². The van der Waals surface area contributed by atoms with Crippen molar-refractivity contribution in [2.24, 2.45) is 0 Å². The van der Waals surface area contributed by atoms with Gasteiger partial charge in [-0.2, -0.15) is 0 Å². The molecule has 2 aliphatic heterocycles. The van der Waals surface area contributed by atoms with Gasteiger partial charge in [-0.15, -0.1) is 13.2 Å². The number of para-hydroxylation sites is 1. The van der Waals surface area contributed by atoms with Crippen molar-refractivity contribution >= 4 is 5.91 Å². The minimum atomic E-state index is -4.78. The number of alkyl halides is 3. The molecule has 1 unspecified atom stereocenters. The molecule has 2 saturated heterocycles. The third kappa shape index (κ3) is 4.09. The molecule has 0 saturated carbocycles. The van der Waals surface area contributed by atoms with Gasteiger partial charge in [0.2, 0.25) is 0 Å². The molecule has 8 heteroatoms. The molecule has 2 aromatic rings. The topological polar surface area (TPSA) is 61.8 Å². The van der Waals surface area contributed by atoms with Crippen molar-refractivity contribution in [3.05, 3.63) is 54.1 Å². The van der Waals surface area contributed by atoms with E-state index in [4.69, 9.17) is 0 Å². The number of benzene rings is 2. The molecule has 29 heavy (non-hydrogen) atoms. The predicted octanol–water partition coefficient (Wildman–Crippen LogP) is 3.54. The summed E-state index contributed by atoms with van der Waals surface area (Å²) in [6.07, 6.45) is -3.33. The van der Waals surface area contributed by atoms with Gasteiger partial charge in [-0.25, -0.2) is 0 Å². The van der Waals surface area contributed by atoms with E-state index in [1.165, 1.54) is 18.2 Å². The zero-order valence-electron chi connectivity index (χ0n) is 15.8. The van der Waals surface area contributed by atoms with E-state index in [0.717, 1.165) is 6.42 Å². The van der Waals surface area contributed by atoms with Crippen LogP contribution >= 0.6 is 0 Å². The molecule has 5 nitrogen and oxygen atoms in total. The van der Waals surface area contributed by atoms with Gasteiger partial charge in [0.05, 0.1) is 5.54 Å². The maximum Gasteiger partial charge on any atom is 0.573 e. The van der Waals surface area contributed by atoms with Gasteiger partial charge >= 0.3 is 6.36 Å². The zero-order chi connectivity index (χ0) is 20.9. The summed E-state index contributed by atoms with van der Waals surface area (Å²) in [7, 11) is 0. The second-order valence-electron chi connectivity index (χ2n) is 7.96. The number of aliphatic hydroxyl groups is 1. The molecule has 154 valence electrons. The second-order valence-corrected chi connectivity index (χ2v) is 7.96. The second kappa shape index (κ2) is 6.74. The number of nitrogens with one attached hydrogen (secondary N) is 1. The Morgan fingerprint density at radius 3 is 2.34 bits per heavy atom. The molecule has 0 radical (unpaired) electrons. The first kappa shape index (κ1) is 19.7. The lowest BCUT2D eigenvalue weighted by Gasteiger charge is -2.49. The highest BCUT2D eigenvalue weighted by molar-refractivity contribution is 5.95. The first-order valence-electron chi connectivity index (χ1n) is 9.32. The number of carbonyl (C=O) groups excluding carboxylic acids is 1. The van der Waals surface area contributed by atoms with Crippen molar-refractivity contribution in [2.75, 3.05) is 13.1 Å². The number of likely N-dealkylation sites (tertiary alicyclic amines) is 1. The van der Waals surface area contributed by atoms with E-state index >= 15 is 0 Å². The number of hydrogen-bond donors (Lipinski definition) is 2. The number of hydrogen-bond acceptors (Lipinski definition) is 4. The Balaban J connectivity index is 1.46. The number of rotatable bonds is 3. The molecule has 2 N–H and O–H groups in total. The maximum absolute atomic E-state index is 12.7. The summed E-state index contributed by atoms with van der Waals surface area (Å²) in [5.74, 6) is -0.432. The molecule has 2 aliphatic rings. The van der Waals surface area contributed by atoms with Crippen molar-refractivity contribution in [1.82, 2.24) is 10.2 Å². The van der Waals surface area contributed by atoms with Gasteiger partial charge in [0.25, 0.3) is 5.91 Å². The normalized spacial score (nSPS) is 23.1. The molecule has 0 aliphatic carbocycles. The lowest BCUT2D eigenvalue weighted by atomic mass is 9.87. The monoisotopic (exact) mass is 406 g/mol. The SMILES string of the molecule is CC1(O)CCC2(CN(C(=O)c3ccc(-c4ccccc4OC(F)(F)F)cc3)C2)N1. The fourth-order valence-electron chi connectivity index (χ4n) is 4.14. The standard InChI is InChI=1S/C21H21F3N2O3/c1-19(28)10-11-20(25-19)12-26(13-20)18(27)15-8-6-14(7-9-15)16-4-2-3-5-17(16)29-21(22,23)24/h2-9,25,28H,10-13H2,1H3. The van der Waals surface area contributed by atoms with Crippen molar-refractivity contribution in [3.63, 3.8) is 0 Å². The van der Waals surface area contributed by atoms with E-state index in [9.17, 15) is 23.1 Å². The van der Waals surface area contributed by atoms with E-state index < -0.39 is 12.1 Å². The molecule has 1 spiro atoms. The van der Waals surface area contributed by atoms with Crippen LogP contribution in [0.1, 0.15) is 30.1 Å². The molecule has 2 heterocycles. The largest absolute Gasteiger partial charge is 0.573 e. The Morgan fingerprint density at radius 1 is 1.10 bits per heavy atom. The molecule has 4 rings (SSSR count). The molecule has 1 atom stereocenters. The minimum Gasteiger partial charge on any atom is -0.405 e. The van der Waals surface area contributed by atoms with Crippen LogP contribution in [-0.2, 0) is 0 Å². The van der Waals surface area contributed by atoms with Crippen molar-refractivity contribution < 1.29 is 27.8 Å². The van der Waals surface area contributed by atoms with Crippen LogP contribution in [0.2, 0.25) is 0 Å². The summed E-state index contributed by atoms with van der Waals surface area (Å²) in [6.45, 7) is 2.77. The molecular formula is C21H21F3N2O3. The molecule has 0 bridgehead atoms. The van der Waals surface area contributed by atoms with Crippen LogP contribution in [0.15, 0.2) is 48.5 Å². The Kier molecular flexibility index (Phi) is 4.59. The third-order valence-electron chi connectivity index (χ3n) is 5.45. The van der Waals surface area contributed by atoms with Crippen molar-refractivity contribution in [2.45, 2.75) is 37.4 Å². The maximum atomic E-state index is 12.7. The van der Waals surface area contributed by atoms with Gasteiger partial charge in [-0.1, -0.05) is 30.3 Å². The molecule has 2 aromatic carbocycles. The highest BCUT2D eigenvalue weighted by Gasteiger charge is 2.52. The number of ether oxygens (including phenoxy) is 1. The van der Waals surface area contributed by atoms with Gasteiger partial charge < -0.3 is 14.7 Å². The predicted molar refractivity (Wildman–Crippen MR) is 100 cm³/mol. The van der Waals surface area contributed by atoms with Crippen LogP contribution in [0.5, 0.6) is 5.75 Å². The summed E-state index contributed by atoms with van der Waals surface area (Å²) < 4.78 is 42.0. The molecule has 1 amide bonds. The minimum absolute atomic E-state index is 0.143. The molecular weight excluding hydrogens is 385 g/mol. The fourth-order valence-corrected chi connectivity index (χ4v) is 4.14. The quantitative estimate of drug-likeness (QED) is 0.819. The Hall–Kier alpha value is -2.58. The third-order valence-corrected chi connectivity index (χ3v) is 5.45. The number of amides is 1. The van der Waals surface area contributed by atoms with E-state index in [1.54, 1.807) is 42.2 Å². The highest BCUT2D eigenvalue weighted by atomic mass is 19.4. The first-order chi connectivity index (χ1) is 13.6. The summed E-state index contributed by atoms with van der Waals surface area (Å²) in [4.78, 5) is 14.4. The average Bonchev–Trinajstić information content (AvgIpc) is 2.95. The van der Waals surface area contributed by atoms with Crippen LogP contribution in [0, 0.1) is 0 Å². The lowest BCUT2D eigenvalue weighted by molar-refractivity contribution is -0.274. The zero-order valence-corrected chi connectivity index (χ0v) is 15.8. The summed E-state index contributed by atoms with van der Waals surface area (Å²) in [5.41, 5.74) is 0.150. The van der Waals surface area contributed by atoms with E-state index in [2.05, 4.69) is 10.1 Å². The highest BCUT2D eigenvalue weighted by Crippen LogP contribution is 2.37. The van der Waals surface area contributed by atoms with Gasteiger partial charge in [-0.05, 0) is 43.5 Å².